The molecule has 1 aromatic heterocycles. The van der Waals surface area contributed by atoms with E-state index >= 15 is 0 Å². The Labute approximate surface area is 191 Å². The van der Waals surface area contributed by atoms with E-state index in [2.05, 4.69) is 20.0 Å². The standard InChI is InChI=1S/C11H18ClN5O.C4H9NO.C2H6O.C2H6.CH2O/c1-17(14)8-9(13)15-11(12)16-10(8)18-7-5-3-2-4-6-7;1-3-6-4-2-5-1;1-3-2;2*1-2/h7H,2-6,14H2,1H3,(H2,13,15,16);5H,1-4H2;1-2H3;1-2H3;1H2. The number of carbonyl (C=O) groups is 1. The highest BCUT2D eigenvalue weighted by atomic mass is 35.5. The molecule has 0 radical (unpaired) electrons. The van der Waals surface area contributed by atoms with Crippen molar-refractivity contribution in [1.29, 1.82) is 0 Å². The van der Waals surface area contributed by atoms with E-state index in [-0.39, 0.29) is 17.2 Å². The topological polar surface area (TPSA) is 138 Å². The monoisotopic (exact) mass is 464 g/mol. The molecular weight excluding hydrogens is 424 g/mol. The quantitative estimate of drug-likeness (QED) is 0.347. The molecule has 0 atom stereocenters. The van der Waals surface area contributed by atoms with E-state index < -0.39 is 0 Å². The number of morpholine rings is 1. The van der Waals surface area contributed by atoms with Crippen LogP contribution in [0.4, 0.5) is 11.5 Å². The lowest BCUT2D eigenvalue weighted by Gasteiger charge is -2.25. The number of methoxy groups -OCH3 is 1. The van der Waals surface area contributed by atoms with Crippen molar-refractivity contribution in [3.8, 4) is 5.88 Å². The predicted molar refractivity (Wildman–Crippen MR) is 127 cm³/mol. The van der Waals surface area contributed by atoms with Gasteiger partial charge >= 0.3 is 0 Å². The number of nitrogens with one attached hydrogen (secondary N) is 1. The summed E-state index contributed by atoms with van der Waals surface area (Å²) in [6.45, 7) is 9.83. The number of halogens is 1. The number of hydrazine groups is 1. The highest BCUT2D eigenvalue weighted by Crippen LogP contribution is 2.33. The van der Waals surface area contributed by atoms with Gasteiger partial charge in [0.2, 0.25) is 11.2 Å². The van der Waals surface area contributed by atoms with Crippen molar-refractivity contribution in [3.05, 3.63) is 5.28 Å². The molecule has 10 nitrogen and oxygen atoms in total. The van der Waals surface area contributed by atoms with Crippen LogP contribution in [-0.4, -0.2) is 70.4 Å². The zero-order chi connectivity index (χ0) is 24.1. The summed E-state index contributed by atoms with van der Waals surface area (Å²) >= 11 is 5.80. The second-order valence-corrected chi connectivity index (χ2v) is 6.63. The number of nitrogens with zero attached hydrogens (tertiary/aromatic N) is 3. The number of ether oxygens (including phenoxy) is 3. The van der Waals surface area contributed by atoms with Crippen molar-refractivity contribution in [2.45, 2.75) is 52.1 Å². The summed E-state index contributed by atoms with van der Waals surface area (Å²) in [6, 6.07) is 0. The first-order chi connectivity index (χ1) is 15.0. The van der Waals surface area contributed by atoms with Crippen LogP contribution in [0.15, 0.2) is 0 Å². The maximum atomic E-state index is 8.00. The van der Waals surface area contributed by atoms with Gasteiger partial charge in [0, 0.05) is 34.4 Å². The number of hydrogen-bond acceptors (Lipinski definition) is 10. The van der Waals surface area contributed by atoms with Gasteiger partial charge in [-0.3, -0.25) is 0 Å². The normalized spacial score (nSPS) is 15.2. The lowest BCUT2D eigenvalue weighted by molar-refractivity contribution is -0.0979. The summed E-state index contributed by atoms with van der Waals surface area (Å²) in [7, 11) is 4.91. The minimum atomic E-state index is 0.0731. The molecule has 1 aromatic rings. The molecule has 1 saturated heterocycles. The van der Waals surface area contributed by atoms with Gasteiger partial charge in [0.25, 0.3) is 0 Å². The Bertz CT molecular complexity index is 533. The number of anilines is 2. The van der Waals surface area contributed by atoms with Crippen LogP contribution in [0, 0.1) is 0 Å². The van der Waals surface area contributed by atoms with E-state index in [1.807, 2.05) is 20.6 Å². The van der Waals surface area contributed by atoms with E-state index in [0.717, 1.165) is 39.1 Å². The number of hydrogen-bond donors (Lipinski definition) is 3. The molecule has 2 fully saturated rings. The number of nitrogen functional groups attached to an aromatic ring is 1. The summed E-state index contributed by atoms with van der Waals surface area (Å²) in [5, 5.41) is 4.58. The smallest absolute Gasteiger partial charge is 0.245 e. The Balaban J connectivity index is 0. The first-order valence-corrected chi connectivity index (χ1v) is 10.8. The lowest BCUT2D eigenvalue weighted by Crippen LogP contribution is -2.30. The molecule has 31 heavy (non-hydrogen) atoms. The molecule has 182 valence electrons. The second kappa shape index (κ2) is 21.5. The molecular formula is C20H41ClN6O4. The fourth-order valence-corrected chi connectivity index (χ4v) is 2.86. The van der Waals surface area contributed by atoms with E-state index in [1.165, 1.54) is 24.3 Å². The maximum Gasteiger partial charge on any atom is 0.245 e. The molecule has 0 amide bonds. The van der Waals surface area contributed by atoms with Gasteiger partial charge in [-0.15, -0.1) is 0 Å². The van der Waals surface area contributed by atoms with Crippen LogP contribution in [0.1, 0.15) is 46.0 Å². The molecule has 1 saturated carbocycles. The average Bonchev–Trinajstić information content (AvgIpc) is 2.79. The van der Waals surface area contributed by atoms with Gasteiger partial charge in [0.15, 0.2) is 11.5 Å². The van der Waals surface area contributed by atoms with Gasteiger partial charge in [-0.2, -0.15) is 9.97 Å². The third kappa shape index (κ3) is 14.8. The molecule has 11 heteroatoms. The van der Waals surface area contributed by atoms with Crippen LogP contribution >= 0.6 is 11.6 Å². The number of carbonyl (C=O) groups excluding carboxylic acids is 1. The van der Waals surface area contributed by atoms with Crippen LogP contribution < -0.4 is 26.6 Å². The number of nitrogens with two attached hydrogens (primary N) is 2. The van der Waals surface area contributed by atoms with Gasteiger partial charge in [0.05, 0.1) is 13.2 Å². The van der Waals surface area contributed by atoms with E-state index in [4.69, 9.17) is 37.4 Å². The van der Waals surface area contributed by atoms with E-state index in [1.54, 1.807) is 21.3 Å². The molecule has 1 aliphatic heterocycles. The molecule has 0 aromatic carbocycles. The minimum absolute atomic E-state index is 0.0731. The Kier molecular flexibility index (Phi) is 21.8. The highest BCUT2D eigenvalue weighted by Gasteiger charge is 2.21. The summed E-state index contributed by atoms with van der Waals surface area (Å²) in [5.41, 5.74) is 6.27. The maximum absolute atomic E-state index is 8.00. The van der Waals surface area contributed by atoms with E-state index in [9.17, 15) is 0 Å². The van der Waals surface area contributed by atoms with Crippen molar-refractivity contribution in [3.63, 3.8) is 0 Å². The molecule has 0 unspecified atom stereocenters. The minimum Gasteiger partial charge on any atom is -0.473 e. The third-order valence-corrected chi connectivity index (χ3v) is 4.05. The van der Waals surface area contributed by atoms with Crippen molar-refractivity contribution in [2.75, 3.05) is 58.3 Å². The summed E-state index contributed by atoms with van der Waals surface area (Å²) in [6.07, 6.45) is 5.81. The van der Waals surface area contributed by atoms with Gasteiger partial charge < -0.3 is 35.1 Å². The number of rotatable bonds is 3. The third-order valence-electron chi connectivity index (χ3n) is 3.88. The van der Waals surface area contributed by atoms with Gasteiger partial charge in [-0.1, -0.05) is 20.3 Å². The summed E-state index contributed by atoms with van der Waals surface area (Å²) in [5.74, 6) is 6.31. The number of aromatic nitrogens is 2. The first kappa shape index (κ1) is 31.5. The molecule has 0 bridgehead atoms. The largest absolute Gasteiger partial charge is 0.473 e. The van der Waals surface area contributed by atoms with Crippen LogP contribution in [0.5, 0.6) is 5.88 Å². The van der Waals surface area contributed by atoms with Crippen LogP contribution in [-0.2, 0) is 14.3 Å². The summed E-state index contributed by atoms with van der Waals surface area (Å²) < 4.78 is 15.1. The summed E-state index contributed by atoms with van der Waals surface area (Å²) in [4.78, 5) is 16.0. The zero-order valence-electron chi connectivity index (χ0n) is 19.7. The Morgan fingerprint density at radius 1 is 1.13 bits per heavy atom. The molecule has 5 N–H and O–H groups in total. The Morgan fingerprint density at radius 2 is 1.65 bits per heavy atom. The first-order valence-electron chi connectivity index (χ1n) is 10.4. The predicted octanol–water partition coefficient (Wildman–Crippen LogP) is 2.44. The molecule has 1 aliphatic carbocycles. The molecule has 2 aliphatic rings. The van der Waals surface area contributed by atoms with Crippen molar-refractivity contribution < 1.29 is 19.0 Å². The van der Waals surface area contributed by atoms with Crippen molar-refractivity contribution >= 4 is 29.9 Å². The SMILES string of the molecule is C1COCCN1.C=O.CC.CN(N)c1c(N)nc(Cl)nc1OC1CCCCC1.COC. The Hall–Kier alpha value is -1.72. The van der Waals surface area contributed by atoms with E-state index in [0.29, 0.717) is 11.6 Å². The van der Waals surface area contributed by atoms with Crippen molar-refractivity contribution in [2.24, 2.45) is 5.84 Å². The Morgan fingerprint density at radius 3 is 2.03 bits per heavy atom. The van der Waals surface area contributed by atoms with Gasteiger partial charge in [0.1, 0.15) is 12.9 Å². The second-order valence-electron chi connectivity index (χ2n) is 6.29. The zero-order valence-corrected chi connectivity index (χ0v) is 20.4. The highest BCUT2D eigenvalue weighted by molar-refractivity contribution is 6.28. The van der Waals surface area contributed by atoms with Crippen LogP contribution in [0.2, 0.25) is 5.28 Å². The molecule has 3 rings (SSSR count). The molecule has 0 spiro atoms. The fourth-order valence-electron chi connectivity index (χ4n) is 2.69. The van der Waals surface area contributed by atoms with Gasteiger partial charge in [-0.25, -0.2) is 5.84 Å². The lowest BCUT2D eigenvalue weighted by atomic mass is 9.98. The van der Waals surface area contributed by atoms with Crippen LogP contribution in [0.3, 0.4) is 0 Å². The van der Waals surface area contributed by atoms with Gasteiger partial charge in [-0.05, 0) is 37.3 Å². The average molecular weight is 465 g/mol. The fraction of sp³-hybridized carbons (Fsp3) is 0.750. The molecule has 2 heterocycles. The van der Waals surface area contributed by atoms with Crippen LogP contribution in [0.25, 0.3) is 0 Å². The van der Waals surface area contributed by atoms with Crippen molar-refractivity contribution in [1.82, 2.24) is 15.3 Å².